The Kier molecular flexibility index (Phi) is 6.89. The van der Waals surface area contributed by atoms with Gasteiger partial charge in [-0.25, -0.2) is 4.79 Å². The lowest BCUT2D eigenvalue weighted by atomic mass is 9.89. The van der Waals surface area contributed by atoms with Crippen LogP contribution in [0, 0.1) is 11.8 Å². The van der Waals surface area contributed by atoms with Gasteiger partial charge in [0.2, 0.25) is 5.91 Å². The molecule has 0 aromatic rings. The SMILES string of the molecule is CC(=CC(=O)N1CCC[C@@H](C(=O)O)C1)C1CCN(C(=O)OC(C)(C)C)CC1. The zero-order valence-electron chi connectivity index (χ0n) is 16.9. The molecule has 2 saturated heterocycles. The third kappa shape index (κ3) is 6.26. The number of allylic oxidation sites excluding steroid dienone is 1. The van der Waals surface area contributed by atoms with E-state index in [4.69, 9.17) is 9.84 Å². The van der Waals surface area contributed by atoms with E-state index in [0.717, 1.165) is 24.8 Å². The van der Waals surface area contributed by atoms with Gasteiger partial charge in [0.1, 0.15) is 5.60 Å². The molecule has 0 bridgehead atoms. The first-order chi connectivity index (χ1) is 12.6. The van der Waals surface area contributed by atoms with Crippen LogP contribution >= 0.6 is 0 Å². The molecule has 0 aliphatic carbocycles. The average Bonchev–Trinajstić information content (AvgIpc) is 2.60. The number of ether oxygens (including phenoxy) is 1. The lowest BCUT2D eigenvalue weighted by Gasteiger charge is -2.34. The highest BCUT2D eigenvalue weighted by Gasteiger charge is 2.29. The van der Waals surface area contributed by atoms with Crippen LogP contribution in [-0.2, 0) is 14.3 Å². The molecular weight excluding hydrogens is 348 g/mol. The molecule has 2 rings (SSSR count). The third-order valence-electron chi connectivity index (χ3n) is 5.22. The molecule has 0 saturated carbocycles. The Bertz CT molecular complexity index is 600. The Hall–Kier alpha value is -2.05. The van der Waals surface area contributed by atoms with Crippen LogP contribution in [0.15, 0.2) is 11.6 Å². The number of carbonyl (C=O) groups is 3. The molecule has 0 unspecified atom stereocenters. The first-order valence-corrected chi connectivity index (χ1v) is 9.74. The molecule has 2 fully saturated rings. The second-order valence-corrected chi connectivity index (χ2v) is 8.59. The molecule has 7 nitrogen and oxygen atoms in total. The van der Waals surface area contributed by atoms with Crippen molar-refractivity contribution in [2.24, 2.45) is 11.8 Å². The molecule has 2 aliphatic heterocycles. The number of aliphatic carboxylic acids is 1. The summed E-state index contributed by atoms with van der Waals surface area (Å²) in [5.41, 5.74) is 0.500. The minimum Gasteiger partial charge on any atom is -0.481 e. The summed E-state index contributed by atoms with van der Waals surface area (Å²) < 4.78 is 5.41. The molecular formula is C20H32N2O5. The number of likely N-dealkylation sites (tertiary alicyclic amines) is 2. The van der Waals surface area contributed by atoms with Crippen LogP contribution in [0.2, 0.25) is 0 Å². The molecule has 27 heavy (non-hydrogen) atoms. The summed E-state index contributed by atoms with van der Waals surface area (Å²) in [6.07, 6.45) is 4.32. The predicted octanol–water partition coefficient (Wildman–Crippen LogP) is 2.90. The topological polar surface area (TPSA) is 87.2 Å². The molecule has 7 heteroatoms. The van der Waals surface area contributed by atoms with Gasteiger partial charge in [0.15, 0.2) is 0 Å². The van der Waals surface area contributed by atoms with Crippen molar-refractivity contribution in [3.8, 4) is 0 Å². The minimum absolute atomic E-state index is 0.104. The lowest BCUT2D eigenvalue weighted by Crippen LogP contribution is -2.42. The van der Waals surface area contributed by atoms with Crippen molar-refractivity contribution in [2.75, 3.05) is 26.2 Å². The van der Waals surface area contributed by atoms with Crippen molar-refractivity contribution in [1.29, 1.82) is 0 Å². The van der Waals surface area contributed by atoms with Gasteiger partial charge in [0.05, 0.1) is 5.92 Å². The molecule has 0 aromatic carbocycles. The molecule has 1 atom stereocenters. The standard InChI is InChI=1S/C20H32N2O5/c1-14(12-17(23)22-9-5-6-16(13-22)18(24)25)15-7-10-21(11-8-15)19(26)27-20(2,3)4/h12,15-16H,5-11,13H2,1-4H3,(H,24,25)/t16-/m1/s1. The molecule has 152 valence electrons. The first-order valence-electron chi connectivity index (χ1n) is 9.74. The normalized spacial score (nSPS) is 22.5. The van der Waals surface area contributed by atoms with Gasteiger partial charge in [-0.15, -0.1) is 0 Å². The first kappa shape index (κ1) is 21.3. The number of nitrogens with zero attached hydrogens (tertiary/aromatic N) is 2. The third-order valence-corrected chi connectivity index (χ3v) is 5.22. The summed E-state index contributed by atoms with van der Waals surface area (Å²) >= 11 is 0. The van der Waals surface area contributed by atoms with Gasteiger partial charge >= 0.3 is 12.1 Å². The molecule has 0 aromatic heterocycles. The summed E-state index contributed by atoms with van der Waals surface area (Å²) in [5.74, 6) is -1.14. The summed E-state index contributed by atoms with van der Waals surface area (Å²) in [6, 6.07) is 0. The van der Waals surface area contributed by atoms with Crippen LogP contribution in [0.1, 0.15) is 53.4 Å². The Morgan fingerprint density at radius 3 is 2.19 bits per heavy atom. The highest BCUT2D eigenvalue weighted by atomic mass is 16.6. The number of piperidine rings is 2. The largest absolute Gasteiger partial charge is 0.481 e. The van der Waals surface area contributed by atoms with Crippen LogP contribution in [0.3, 0.4) is 0 Å². The summed E-state index contributed by atoms with van der Waals surface area (Å²) in [7, 11) is 0. The van der Waals surface area contributed by atoms with E-state index in [0.29, 0.717) is 26.1 Å². The van der Waals surface area contributed by atoms with E-state index in [9.17, 15) is 14.4 Å². The van der Waals surface area contributed by atoms with Gasteiger partial charge in [0.25, 0.3) is 0 Å². The number of carbonyl (C=O) groups excluding carboxylic acids is 2. The fourth-order valence-corrected chi connectivity index (χ4v) is 3.63. The van der Waals surface area contributed by atoms with Gasteiger partial charge in [-0.3, -0.25) is 9.59 Å². The number of hydrogen-bond donors (Lipinski definition) is 1. The highest BCUT2D eigenvalue weighted by molar-refractivity contribution is 5.88. The van der Waals surface area contributed by atoms with Crippen molar-refractivity contribution >= 4 is 18.0 Å². The van der Waals surface area contributed by atoms with E-state index in [1.165, 1.54) is 0 Å². The summed E-state index contributed by atoms with van der Waals surface area (Å²) in [4.78, 5) is 39.2. The fourth-order valence-electron chi connectivity index (χ4n) is 3.63. The second kappa shape index (κ2) is 8.76. The molecule has 0 spiro atoms. The van der Waals surface area contributed by atoms with E-state index >= 15 is 0 Å². The van der Waals surface area contributed by atoms with Gasteiger partial charge in [0, 0.05) is 32.3 Å². The van der Waals surface area contributed by atoms with Gasteiger partial charge in [-0.2, -0.15) is 0 Å². The molecule has 0 radical (unpaired) electrons. The summed E-state index contributed by atoms with van der Waals surface area (Å²) in [6.45, 7) is 9.64. The van der Waals surface area contributed by atoms with Crippen LogP contribution < -0.4 is 0 Å². The maximum atomic E-state index is 12.5. The van der Waals surface area contributed by atoms with Crippen LogP contribution in [0.25, 0.3) is 0 Å². The van der Waals surface area contributed by atoms with E-state index in [2.05, 4.69) is 0 Å². The molecule has 2 amide bonds. The monoisotopic (exact) mass is 380 g/mol. The van der Waals surface area contributed by atoms with Gasteiger partial charge < -0.3 is 19.6 Å². The van der Waals surface area contributed by atoms with Gasteiger partial charge in [-0.1, -0.05) is 5.57 Å². The van der Waals surface area contributed by atoms with Crippen molar-refractivity contribution in [3.05, 3.63) is 11.6 Å². The Morgan fingerprint density at radius 2 is 1.63 bits per heavy atom. The molecule has 2 aliphatic rings. The number of hydrogen-bond acceptors (Lipinski definition) is 4. The van der Waals surface area contributed by atoms with E-state index < -0.39 is 17.5 Å². The Morgan fingerprint density at radius 1 is 1.00 bits per heavy atom. The minimum atomic E-state index is -0.831. The summed E-state index contributed by atoms with van der Waals surface area (Å²) in [5, 5.41) is 9.17. The Labute approximate surface area is 161 Å². The van der Waals surface area contributed by atoms with Crippen LogP contribution in [0.5, 0.6) is 0 Å². The fraction of sp³-hybridized carbons (Fsp3) is 0.750. The van der Waals surface area contributed by atoms with Crippen LogP contribution in [-0.4, -0.2) is 64.7 Å². The van der Waals surface area contributed by atoms with Gasteiger partial charge in [-0.05, 0) is 59.3 Å². The van der Waals surface area contributed by atoms with E-state index in [-0.39, 0.29) is 24.5 Å². The van der Waals surface area contributed by atoms with Crippen molar-refractivity contribution < 1.29 is 24.2 Å². The Balaban J connectivity index is 1.87. The maximum absolute atomic E-state index is 12.5. The van der Waals surface area contributed by atoms with Crippen molar-refractivity contribution in [3.63, 3.8) is 0 Å². The zero-order valence-corrected chi connectivity index (χ0v) is 16.9. The molecule has 1 N–H and O–H groups in total. The highest BCUT2D eigenvalue weighted by Crippen LogP contribution is 2.26. The lowest BCUT2D eigenvalue weighted by molar-refractivity contribution is -0.144. The zero-order chi connectivity index (χ0) is 20.2. The molecule has 2 heterocycles. The number of carboxylic acids is 1. The van der Waals surface area contributed by atoms with E-state index in [1.54, 1.807) is 15.9 Å². The maximum Gasteiger partial charge on any atom is 0.410 e. The number of rotatable bonds is 3. The number of carboxylic acid groups (broad SMARTS) is 1. The van der Waals surface area contributed by atoms with E-state index in [1.807, 2.05) is 27.7 Å². The smallest absolute Gasteiger partial charge is 0.410 e. The second-order valence-electron chi connectivity index (χ2n) is 8.59. The quantitative estimate of drug-likeness (QED) is 0.761. The predicted molar refractivity (Wildman–Crippen MR) is 101 cm³/mol. The number of amides is 2. The average molecular weight is 380 g/mol. The van der Waals surface area contributed by atoms with Crippen molar-refractivity contribution in [2.45, 2.75) is 59.0 Å². The van der Waals surface area contributed by atoms with Crippen molar-refractivity contribution in [1.82, 2.24) is 9.80 Å². The van der Waals surface area contributed by atoms with Crippen LogP contribution in [0.4, 0.5) is 4.79 Å².